The van der Waals surface area contributed by atoms with Crippen LogP contribution in [0, 0.1) is 5.92 Å². The van der Waals surface area contributed by atoms with Crippen LogP contribution in [-0.4, -0.2) is 13.2 Å². The molecule has 0 heterocycles. The molecule has 0 bridgehead atoms. The zero-order valence-electron chi connectivity index (χ0n) is 10.4. The molecule has 0 saturated heterocycles. The third-order valence-corrected chi connectivity index (χ3v) is 2.87. The summed E-state index contributed by atoms with van der Waals surface area (Å²) in [5.74, 6) is 2.51. The summed E-state index contributed by atoms with van der Waals surface area (Å²) >= 11 is 0. The molecule has 1 aliphatic carbocycles. The average Bonchev–Trinajstić information content (AvgIpc) is 3.10. The molecule has 1 fully saturated rings. The van der Waals surface area contributed by atoms with Gasteiger partial charge >= 0.3 is 0 Å². The van der Waals surface area contributed by atoms with Crippen molar-refractivity contribution in [3.8, 4) is 11.5 Å². The van der Waals surface area contributed by atoms with Crippen molar-refractivity contribution in [1.29, 1.82) is 0 Å². The highest BCUT2D eigenvalue weighted by atomic mass is 16.5. The Balaban J connectivity index is 1.87. The van der Waals surface area contributed by atoms with Gasteiger partial charge in [-0.25, -0.2) is 0 Å². The molecule has 0 spiro atoms. The molecule has 1 aliphatic rings. The van der Waals surface area contributed by atoms with Crippen molar-refractivity contribution in [2.45, 2.75) is 32.6 Å². The number of rotatable bonds is 7. The van der Waals surface area contributed by atoms with Crippen LogP contribution >= 0.6 is 0 Å². The molecule has 0 atom stereocenters. The standard InChI is InChI=1S/C14H21NO2/c1-2-6-16-13-8-12(15)9-14(10-13)17-7-5-11-3-4-11/h8-11H,2-7,15H2,1H3. The van der Waals surface area contributed by atoms with E-state index in [0.29, 0.717) is 12.3 Å². The highest BCUT2D eigenvalue weighted by Crippen LogP contribution is 2.32. The third-order valence-electron chi connectivity index (χ3n) is 2.87. The lowest BCUT2D eigenvalue weighted by Crippen LogP contribution is -2.01. The molecule has 0 radical (unpaired) electrons. The largest absolute Gasteiger partial charge is 0.493 e. The minimum absolute atomic E-state index is 0.694. The SMILES string of the molecule is CCCOc1cc(N)cc(OCCC2CC2)c1. The van der Waals surface area contributed by atoms with E-state index in [1.54, 1.807) is 0 Å². The van der Waals surface area contributed by atoms with Crippen LogP contribution in [0.5, 0.6) is 11.5 Å². The molecule has 0 aromatic heterocycles. The van der Waals surface area contributed by atoms with Crippen molar-refractivity contribution < 1.29 is 9.47 Å². The Labute approximate surface area is 103 Å². The lowest BCUT2D eigenvalue weighted by molar-refractivity contribution is 0.293. The first kappa shape index (κ1) is 12.1. The van der Waals surface area contributed by atoms with Gasteiger partial charge in [-0.05, 0) is 18.8 Å². The van der Waals surface area contributed by atoms with Crippen LogP contribution in [-0.2, 0) is 0 Å². The second kappa shape index (κ2) is 5.80. The number of hydrogen-bond donors (Lipinski definition) is 1. The minimum Gasteiger partial charge on any atom is -0.493 e. The van der Waals surface area contributed by atoms with Gasteiger partial charge in [-0.1, -0.05) is 19.8 Å². The number of ether oxygens (including phenoxy) is 2. The summed E-state index contributed by atoms with van der Waals surface area (Å²) in [6.07, 6.45) is 4.88. The molecule has 1 saturated carbocycles. The summed E-state index contributed by atoms with van der Waals surface area (Å²) in [5.41, 5.74) is 6.51. The molecule has 1 aromatic carbocycles. The molecule has 2 N–H and O–H groups in total. The van der Waals surface area contributed by atoms with Crippen molar-refractivity contribution in [3.63, 3.8) is 0 Å². The molecule has 17 heavy (non-hydrogen) atoms. The van der Waals surface area contributed by atoms with Crippen molar-refractivity contribution >= 4 is 5.69 Å². The van der Waals surface area contributed by atoms with Crippen molar-refractivity contribution in [2.24, 2.45) is 5.92 Å². The van der Waals surface area contributed by atoms with Crippen molar-refractivity contribution in [2.75, 3.05) is 18.9 Å². The number of anilines is 1. The van der Waals surface area contributed by atoms with Crippen LogP contribution in [0.15, 0.2) is 18.2 Å². The normalized spacial score (nSPS) is 14.6. The molecular weight excluding hydrogens is 214 g/mol. The van der Waals surface area contributed by atoms with Gasteiger partial charge in [0, 0.05) is 23.9 Å². The Morgan fingerprint density at radius 3 is 2.35 bits per heavy atom. The zero-order valence-corrected chi connectivity index (χ0v) is 10.4. The predicted molar refractivity (Wildman–Crippen MR) is 69.5 cm³/mol. The molecule has 94 valence electrons. The average molecular weight is 235 g/mol. The fourth-order valence-corrected chi connectivity index (χ4v) is 1.73. The van der Waals surface area contributed by atoms with Crippen LogP contribution in [0.2, 0.25) is 0 Å². The van der Waals surface area contributed by atoms with Crippen LogP contribution in [0.1, 0.15) is 32.6 Å². The highest BCUT2D eigenvalue weighted by molar-refractivity contribution is 5.50. The lowest BCUT2D eigenvalue weighted by Gasteiger charge is -2.10. The molecule has 3 nitrogen and oxygen atoms in total. The van der Waals surface area contributed by atoms with Gasteiger partial charge in [0.1, 0.15) is 11.5 Å². The molecule has 1 aromatic rings. The smallest absolute Gasteiger partial charge is 0.125 e. The highest BCUT2D eigenvalue weighted by Gasteiger charge is 2.20. The Kier molecular flexibility index (Phi) is 4.13. The van der Waals surface area contributed by atoms with Crippen molar-refractivity contribution in [3.05, 3.63) is 18.2 Å². The van der Waals surface area contributed by atoms with E-state index in [4.69, 9.17) is 15.2 Å². The van der Waals surface area contributed by atoms with Gasteiger partial charge in [0.25, 0.3) is 0 Å². The Morgan fingerprint density at radius 2 is 1.76 bits per heavy atom. The fourth-order valence-electron chi connectivity index (χ4n) is 1.73. The minimum atomic E-state index is 0.694. The first-order chi connectivity index (χ1) is 8.28. The summed E-state index contributed by atoms with van der Waals surface area (Å²) in [7, 11) is 0. The number of nitrogens with two attached hydrogens (primary N) is 1. The van der Waals surface area contributed by atoms with E-state index in [-0.39, 0.29) is 0 Å². The first-order valence-electron chi connectivity index (χ1n) is 6.44. The van der Waals surface area contributed by atoms with Gasteiger partial charge in [0.15, 0.2) is 0 Å². The number of nitrogen functional groups attached to an aromatic ring is 1. The van der Waals surface area contributed by atoms with Crippen molar-refractivity contribution in [1.82, 2.24) is 0 Å². The maximum atomic E-state index is 5.82. The molecule has 0 unspecified atom stereocenters. The summed E-state index contributed by atoms with van der Waals surface area (Å²) in [6, 6.07) is 5.61. The van der Waals surface area contributed by atoms with E-state index >= 15 is 0 Å². The molecule has 3 heteroatoms. The Bertz CT molecular complexity index is 361. The topological polar surface area (TPSA) is 44.5 Å². The van der Waals surface area contributed by atoms with E-state index in [1.807, 2.05) is 18.2 Å². The summed E-state index contributed by atoms with van der Waals surface area (Å²) in [4.78, 5) is 0. The fraction of sp³-hybridized carbons (Fsp3) is 0.571. The monoisotopic (exact) mass is 235 g/mol. The summed E-state index contributed by atoms with van der Waals surface area (Å²) < 4.78 is 11.3. The first-order valence-corrected chi connectivity index (χ1v) is 6.44. The van der Waals surface area contributed by atoms with Crippen LogP contribution in [0.4, 0.5) is 5.69 Å². The molecule has 0 aliphatic heterocycles. The van der Waals surface area contributed by atoms with E-state index in [2.05, 4.69) is 6.92 Å². The Hall–Kier alpha value is -1.38. The number of benzene rings is 1. The van der Waals surface area contributed by atoms with Gasteiger partial charge in [-0.2, -0.15) is 0 Å². The van der Waals surface area contributed by atoms with Crippen LogP contribution in [0.25, 0.3) is 0 Å². The Morgan fingerprint density at radius 1 is 1.12 bits per heavy atom. The second-order valence-electron chi connectivity index (χ2n) is 4.67. The van der Waals surface area contributed by atoms with Gasteiger partial charge in [-0.3, -0.25) is 0 Å². The van der Waals surface area contributed by atoms with E-state index in [0.717, 1.165) is 36.9 Å². The maximum Gasteiger partial charge on any atom is 0.125 e. The van der Waals surface area contributed by atoms with Gasteiger partial charge in [0.2, 0.25) is 0 Å². The van der Waals surface area contributed by atoms with Gasteiger partial charge in [0.05, 0.1) is 13.2 Å². The molecule has 0 amide bonds. The summed E-state index contributed by atoms with van der Waals surface area (Å²) in [6.45, 7) is 3.58. The van der Waals surface area contributed by atoms with Crippen LogP contribution in [0.3, 0.4) is 0 Å². The lowest BCUT2D eigenvalue weighted by atomic mass is 10.3. The maximum absolute atomic E-state index is 5.82. The predicted octanol–water partition coefficient (Wildman–Crippen LogP) is 3.24. The van der Waals surface area contributed by atoms with Crippen LogP contribution < -0.4 is 15.2 Å². The quantitative estimate of drug-likeness (QED) is 0.738. The third kappa shape index (κ3) is 4.17. The van der Waals surface area contributed by atoms with E-state index < -0.39 is 0 Å². The number of hydrogen-bond acceptors (Lipinski definition) is 3. The van der Waals surface area contributed by atoms with Gasteiger partial charge < -0.3 is 15.2 Å². The van der Waals surface area contributed by atoms with E-state index in [1.165, 1.54) is 12.8 Å². The van der Waals surface area contributed by atoms with E-state index in [9.17, 15) is 0 Å². The van der Waals surface area contributed by atoms with Gasteiger partial charge in [-0.15, -0.1) is 0 Å². The zero-order chi connectivity index (χ0) is 12.1. The molecule has 2 rings (SSSR count). The summed E-state index contributed by atoms with van der Waals surface area (Å²) in [5, 5.41) is 0. The second-order valence-corrected chi connectivity index (χ2v) is 4.67. The molecular formula is C14H21NO2.